The Morgan fingerprint density at radius 2 is 2.05 bits per heavy atom. The first kappa shape index (κ1) is 15.7. The Morgan fingerprint density at radius 3 is 2.81 bits per heavy atom. The second-order valence-corrected chi connectivity index (χ2v) is 9.14. The Labute approximate surface area is 135 Å². The Kier molecular flexibility index (Phi) is 5.51. The lowest BCUT2D eigenvalue weighted by Crippen LogP contribution is -2.27. The van der Waals surface area contributed by atoms with Crippen molar-refractivity contribution in [3.05, 3.63) is 11.7 Å². The van der Waals surface area contributed by atoms with Gasteiger partial charge in [-0.15, -0.1) is 11.8 Å². The summed E-state index contributed by atoms with van der Waals surface area (Å²) in [5, 5.41) is 9.42. The van der Waals surface area contributed by atoms with Crippen molar-refractivity contribution in [3.63, 3.8) is 0 Å². The molecule has 0 aromatic carbocycles. The maximum Gasteiger partial charge on any atom is 0.226 e. The highest BCUT2D eigenvalue weighted by molar-refractivity contribution is 8.07. The van der Waals surface area contributed by atoms with Gasteiger partial charge in [-0.1, -0.05) is 19.0 Å². The molecule has 3 rings (SSSR count). The van der Waals surface area contributed by atoms with E-state index in [0.717, 1.165) is 48.1 Å². The van der Waals surface area contributed by atoms with E-state index >= 15 is 0 Å². The van der Waals surface area contributed by atoms with Gasteiger partial charge in [-0.2, -0.15) is 16.7 Å². The summed E-state index contributed by atoms with van der Waals surface area (Å²) >= 11 is 4.02. The number of nitrogens with one attached hydrogen (secondary N) is 1. The molecule has 3 unspecified atom stereocenters. The topological polar surface area (TPSA) is 51.0 Å². The highest BCUT2D eigenvalue weighted by Gasteiger charge is 2.29. The minimum atomic E-state index is 0.401. The second kappa shape index (κ2) is 7.38. The lowest BCUT2D eigenvalue weighted by molar-refractivity contribution is 0.323. The molecule has 0 aliphatic carbocycles. The number of rotatable bonds is 4. The van der Waals surface area contributed by atoms with Gasteiger partial charge in [0.15, 0.2) is 5.82 Å². The van der Waals surface area contributed by atoms with Crippen LogP contribution in [0.5, 0.6) is 0 Å². The first-order valence-corrected chi connectivity index (χ1v) is 10.0. The molecule has 1 aromatic heterocycles. The van der Waals surface area contributed by atoms with E-state index in [-0.39, 0.29) is 0 Å². The van der Waals surface area contributed by atoms with Gasteiger partial charge in [0.05, 0.1) is 5.25 Å². The molecule has 4 nitrogen and oxygen atoms in total. The van der Waals surface area contributed by atoms with Crippen LogP contribution in [0.1, 0.15) is 50.1 Å². The van der Waals surface area contributed by atoms with E-state index in [0.29, 0.717) is 10.5 Å². The molecular weight excluding hydrogens is 302 g/mol. The molecule has 1 aromatic rings. The lowest BCUT2D eigenvalue weighted by atomic mass is 9.93. The highest BCUT2D eigenvalue weighted by atomic mass is 32.2. The van der Waals surface area contributed by atoms with E-state index < -0.39 is 0 Å². The number of nitrogens with zero attached hydrogens (tertiary/aromatic N) is 2. The Morgan fingerprint density at radius 1 is 1.24 bits per heavy atom. The summed E-state index contributed by atoms with van der Waals surface area (Å²) in [4.78, 5) is 4.65. The minimum Gasteiger partial charge on any atom is -0.339 e. The third kappa shape index (κ3) is 4.17. The molecule has 2 aliphatic heterocycles. The number of thioether (sulfide) groups is 2. The first-order valence-electron chi connectivity index (χ1n) is 8.02. The van der Waals surface area contributed by atoms with E-state index in [2.05, 4.69) is 29.3 Å². The average Bonchev–Trinajstić information content (AvgIpc) is 2.98. The van der Waals surface area contributed by atoms with E-state index in [1.807, 2.05) is 23.5 Å². The van der Waals surface area contributed by atoms with Crippen LogP contribution < -0.4 is 5.32 Å². The van der Waals surface area contributed by atoms with Crippen LogP contribution in [-0.4, -0.2) is 39.5 Å². The van der Waals surface area contributed by atoms with Gasteiger partial charge < -0.3 is 9.84 Å². The van der Waals surface area contributed by atoms with Gasteiger partial charge in [-0.3, -0.25) is 0 Å². The van der Waals surface area contributed by atoms with Crippen LogP contribution >= 0.6 is 23.5 Å². The number of aryl methyl sites for hydroxylation is 1. The van der Waals surface area contributed by atoms with Crippen LogP contribution in [0.4, 0.5) is 0 Å². The number of aromatic nitrogens is 2. The molecule has 0 amide bonds. The molecule has 3 heterocycles. The zero-order chi connectivity index (χ0) is 14.7. The van der Waals surface area contributed by atoms with Crippen LogP contribution in [-0.2, 0) is 6.42 Å². The summed E-state index contributed by atoms with van der Waals surface area (Å²) in [6, 6.07) is 0. The van der Waals surface area contributed by atoms with Crippen molar-refractivity contribution in [2.24, 2.45) is 5.92 Å². The van der Waals surface area contributed by atoms with Gasteiger partial charge in [0.25, 0.3) is 0 Å². The molecule has 6 heteroatoms. The summed E-state index contributed by atoms with van der Waals surface area (Å²) in [5.41, 5.74) is 0. The normalized spacial score (nSPS) is 31.4. The molecule has 0 saturated carbocycles. The van der Waals surface area contributed by atoms with Crippen LogP contribution in [0.2, 0.25) is 0 Å². The molecule has 3 atom stereocenters. The van der Waals surface area contributed by atoms with Crippen LogP contribution in [0.3, 0.4) is 0 Å². The van der Waals surface area contributed by atoms with E-state index in [4.69, 9.17) is 4.52 Å². The molecule has 1 N–H and O–H groups in total. The van der Waals surface area contributed by atoms with Crippen LogP contribution in [0.25, 0.3) is 0 Å². The number of hydrogen-bond donors (Lipinski definition) is 1. The molecule has 0 spiro atoms. The van der Waals surface area contributed by atoms with Gasteiger partial charge >= 0.3 is 0 Å². The van der Waals surface area contributed by atoms with Crippen molar-refractivity contribution >= 4 is 23.5 Å². The molecule has 2 saturated heterocycles. The highest BCUT2D eigenvalue weighted by Crippen LogP contribution is 2.43. The summed E-state index contributed by atoms with van der Waals surface area (Å²) in [6.07, 6.45) is 4.69. The van der Waals surface area contributed by atoms with Crippen LogP contribution in [0, 0.1) is 5.92 Å². The van der Waals surface area contributed by atoms with Gasteiger partial charge in [0.1, 0.15) is 0 Å². The smallest absolute Gasteiger partial charge is 0.226 e. The third-order valence-electron chi connectivity index (χ3n) is 4.55. The first-order chi connectivity index (χ1) is 10.2. The Balaban J connectivity index is 1.51. The van der Waals surface area contributed by atoms with E-state index in [1.165, 1.54) is 19.3 Å². The van der Waals surface area contributed by atoms with Crippen molar-refractivity contribution < 1.29 is 4.52 Å². The monoisotopic (exact) mass is 327 g/mol. The summed E-state index contributed by atoms with van der Waals surface area (Å²) in [7, 11) is 0. The summed E-state index contributed by atoms with van der Waals surface area (Å²) in [5.74, 6) is 3.66. The van der Waals surface area contributed by atoms with Crippen molar-refractivity contribution in [1.82, 2.24) is 15.5 Å². The Bertz CT molecular complexity index is 448. The molecular formula is C15H25N3OS2. The molecule has 118 valence electrons. The fraction of sp³-hybridized carbons (Fsp3) is 0.867. The summed E-state index contributed by atoms with van der Waals surface area (Å²) in [6.45, 7) is 6.92. The number of piperidine rings is 1. The lowest BCUT2D eigenvalue weighted by Gasteiger charge is -2.29. The SMILES string of the molecule is CC1SCC(c2noc(CCC3CCNCC3)n2)SC1C. The fourth-order valence-electron chi connectivity index (χ4n) is 2.92. The van der Waals surface area contributed by atoms with Gasteiger partial charge in [0.2, 0.25) is 5.89 Å². The predicted molar refractivity (Wildman–Crippen MR) is 89.9 cm³/mol. The molecule has 0 bridgehead atoms. The van der Waals surface area contributed by atoms with Crippen molar-refractivity contribution in [1.29, 1.82) is 0 Å². The molecule has 21 heavy (non-hydrogen) atoms. The number of hydrogen-bond acceptors (Lipinski definition) is 6. The van der Waals surface area contributed by atoms with E-state index in [9.17, 15) is 0 Å². The van der Waals surface area contributed by atoms with Crippen molar-refractivity contribution in [3.8, 4) is 0 Å². The maximum absolute atomic E-state index is 5.47. The molecule has 2 fully saturated rings. The summed E-state index contributed by atoms with van der Waals surface area (Å²) < 4.78 is 5.47. The third-order valence-corrected chi connectivity index (χ3v) is 7.93. The van der Waals surface area contributed by atoms with E-state index in [1.54, 1.807) is 0 Å². The fourth-order valence-corrected chi connectivity index (χ4v) is 5.75. The van der Waals surface area contributed by atoms with Crippen molar-refractivity contribution in [2.75, 3.05) is 18.8 Å². The van der Waals surface area contributed by atoms with Crippen LogP contribution in [0.15, 0.2) is 4.52 Å². The zero-order valence-electron chi connectivity index (χ0n) is 12.9. The second-order valence-electron chi connectivity index (χ2n) is 6.15. The predicted octanol–water partition coefficient (Wildman–Crippen LogP) is 3.30. The largest absolute Gasteiger partial charge is 0.339 e. The molecule has 0 radical (unpaired) electrons. The Hall–Kier alpha value is -0.200. The zero-order valence-corrected chi connectivity index (χ0v) is 14.5. The van der Waals surface area contributed by atoms with Gasteiger partial charge in [-0.25, -0.2) is 0 Å². The van der Waals surface area contributed by atoms with Gasteiger partial charge in [0, 0.05) is 22.7 Å². The average molecular weight is 328 g/mol. The van der Waals surface area contributed by atoms with Gasteiger partial charge in [-0.05, 0) is 38.3 Å². The molecule has 2 aliphatic rings. The minimum absolute atomic E-state index is 0.401. The quantitative estimate of drug-likeness (QED) is 0.916. The maximum atomic E-state index is 5.47. The van der Waals surface area contributed by atoms with Crippen molar-refractivity contribution in [2.45, 2.75) is 55.3 Å². The standard InChI is InChI=1S/C15H25N3OS2/c1-10-11(2)21-13(9-20-10)15-17-14(19-18-15)4-3-12-5-7-16-8-6-12/h10-13,16H,3-9H2,1-2H3.